The van der Waals surface area contributed by atoms with Gasteiger partial charge in [-0.3, -0.25) is 4.79 Å². The molecule has 1 N–H and O–H groups in total. The van der Waals surface area contributed by atoms with E-state index in [4.69, 9.17) is 4.52 Å². The highest BCUT2D eigenvalue weighted by Gasteiger charge is 2.11. The lowest BCUT2D eigenvalue weighted by atomic mass is 10.1. The third kappa shape index (κ3) is 4.11. The Labute approximate surface area is 144 Å². The van der Waals surface area contributed by atoms with Crippen molar-refractivity contribution >= 4 is 17.6 Å². The SMILES string of the molecule is COC(=O)c1ccc(NC(=O)Cc2cc(-c3ccccc3)on2)cc1. The molecule has 3 aromatic rings. The molecule has 1 heterocycles. The number of nitrogens with one attached hydrogen (secondary N) is 1. The molecule has 1 aromatic heterocycles. The monoisotopic (exact) mass is 336 g/mol. The number of rotatable bonds is 5. The van der Waals surface area contributed by atoms with E-state index in [2.05, 4.69) is 15.2 Å². The maximum atomic E-state index is 12.1. The first-order valence-electron chi connectivity index (χ1n) is 7.65. The van der Waals surface area contributed by atoms with Gasteiger partial charge >= 0.3 is 5.97 Å². The second-order valence-corrected chi connectivity index (χ2v) is 5.34. The van der Waals surface area contributed by atoms with Gasteiger partial charge in [0.15, 0.2) is 5.76 Å². The molecule has 0 aliphatic heterocycles. The Bertz CT molecular complexity index is 870. The average Bonchev–Trinajstić information content (AvgIpc) is 3.10. The predicted molar refractivity (Wildman–Crippen MR) is 92.1 cm³/mol. The van der Waals surface area contributed by atoms with Crippen molar-refractivity contribution < 1.29 is 18.8 Å². The minimum atomic E-state index is -0.422. The molecule has 6 heteroatoms. The van der Waals surface area contributed by atoms with Gasteiger partial charge in [-0.2, -0.15) is 0 Å². The second kappa shape index (κ2) is 7.44. The number of methoxy groups -OCH3 is 1. The smallest absolute Gasteiger partial charge is 0.337 e. The Hall–Kier alpha value is -3.41. The van der Waals surface area contributed by atoms with Crippen molar-refractivity contribution in [1.29, 1.82) is 0 Å². The van der Waals surface area contributed by atoms with Gasteiger partial charge in [0.2, 0.25) is 5.91 Å². The average molecular weight is 336 g/mol. The van der Waals surface area contributed by atoms with Crippen molar-refractivity contribution in [2.24, 2.45) is 0 Å². The molecule has 0 unspecified atom stereocenters. The molecule has 1 amide bonds. The molecule has 0 saturated heterocycles. The zero-order valence-electron chi connectivity index (χ0n) is 13.6. The lowest BCUT2D eigenvalue weighted by Gasteiger charge is -2.04. The van der Waals surface area contributed by atoms with Crippen LogP contribution in [0.5, 0.6) is 0 Å². The minimum absolute atomic E-state index is 0.0923. The van der Waals surface area contributed by atoms with Crippen LogP contribution in [0.25, 0.3) is 11.3 Å². The summed E-state index contributed by atoms with van der Waals surface area (Å²) < 4.78 is 9.90. The van der Waals surface area contributed by atoms with Gasteiger partial charge < -0.3 is 14.6 Å². The Morgan fingerprint density at radius 2 is 1.80 bits per heavy atom. The van der Waals surface area contributed by atoms with Crippen LogP contribution >= 0.6 is 0 Å². The van der Waals surface area contributed by atoms with Gasteiger partial charge in [-0.15, -0.1) is 0 Å². The van der Waals surface area contributed by atoms with E-state index in [0.717, 1.165) is 5.56 Å². The fraction of sp³-hybridized carbons (Fsp3) is 0.105. The number of benzene rings is 2. The highest BCUT2D eigenvalue weighted by atomic mass is 16.5. The molecule has 126 valence electrons. The van der Waals surface area contributed by atoms with Crippen LogP contribution in [0.4, 0.5) is 5.69 Å². The fourth-order valence-corrected chi connectivity index (χ4v) is 2.31. The Morgan fingerprint density at radius 3 is 2.48 bits per heavy atom. The number of esters is 1. The van der Waals surface area contributed by atoms with Crippen LogP contribution in [0.15, 0.2) is 65.2 Å². The minimum Gasteiger partial charge on any atom is -0.465 e. The highest BCUT2D eigenvalue weighted by molar-refractivity contribution is 5.93. The first-order chi connectivity index (χ1) is 12.2. The molecule has 0 aliphatic carbocycles. The van der Waals surface area contributed by atoms with Gasteiger partial charge in [-0.05, 0) is 24.3 Å². The van der Waals surface area contributed by atoms with Crippen LogP contribution in [0.3, 0.4) is 0 Å². The lowest BCUT2D eigenvalue weighted by Crippen LogP contribution is -2.14. The first kappa shape index (κ1) is 16.4. The van der Waals surface area contributed by atoms with E-state index in [1.165, 1.54) is 7.11 Å². The molecule has 0 radical (unpaired) electrons. The number of carbonyl (C=O) groups is 2. The second-order valence-electron chi connectivity index (χ2n) is 5.34. The molecular formula is C19H16N2O4. The Balaban J connectivity index is 1.61. The summed E-state index contributed by atoms with van der Waals surface area (Å²) >= 11 is 0. The van der Waals surface area contributed by atoms with Crippen LogP contribution < -0.4 is 5.32 Å². The highest BCUT2D eigenvalue weighted by Crippen LogP contribution is 2.20. The van der Waals surface area contributed by atoms with Gasteiger partial charge in [0, 0.05) is 17.3 Å². The maximum Gasteiger partial charge on any atom is 0.337 e. The van der Waals surface area contributed by atoms with E-state index in [9.17, 15) is 9.59 Å². The van der Waals surface area contributed by atoms with Gasteiger partial charge in [0.1, 0.15) is 0 Å². The number of carbonyl (C=O) groups excluding carboxylic acids is 2. The zero-order chi connectivity index (χ0) is 17.6. The van der Waals surface area contributed by atoms with Gasteiger partial charge in [-0.1, -0.05) is 35.5 Å². The first-order valence-corrected chi connectivity index (χ1v) is 7.65. The standard InChI is InChI=1S/C19H16N2O4/c1-24-19(23)14-7-9-15(10-8-14)20-18(22)12-16-11-17(25-21-16)13-5-3-2-4-6-13/h2-11H,12H2,1H3,(H,20,22). The predicted octanol–water partition coefficient (Wildman–Crippen LogP) is 3.31. The largest absolute Gasteiger partial charge is 0.465 e. The summed E-state index contributed by atoms with van der Waals surface area (Å²) in [7, 11) is 1.32. The molecule has 0 bridgehead atoms. The number of aromatic nitrogens is 1. The quantitative estimate of drug-likeness (QED) is 0.723. The number of hydrogen-bond acceptors (Lipinski definition) is 5. The van der Waals surface area contributed by atoms with Crippen LogP contribution in [0, 0.1) is 0 Å². The molecule has 2 aromatic carbocycles. The molecule has 0 saturated carbocycles. The maximum absolute atomic E-state index is 12.1. The summed E-state index contributed by atoms with van der Waals surface area (Å²) in [5.41, 5.74) is 2.46. The molecule has 6 nitrogen and oxygen atoms in total. The summed E-state index contributed by atoms with van der Waals surface area (Å²) in [5.74, 6) is -0.0292. The fourth-order valence-electron chi connectivity index (χ4n) is 2.31. The number of anilines is 1. The van der Waals surface area contributed by atoms with Crippen molar-refractivity contribution in [2.45, 2.75) is 6.42 Å². The summed E-state index contributed by atoms with van der Waals surface area (Å²) in [6.07, 6.45) is 0.0923. The Kier molecular flexibility index (Phi) is 4.89. The van der Waals surface area contributed by atoms with Crippen molar-refractivity contribution in [2.75, 3.05) is 12.4 Å². The molecule has 25 heavy (non-hydrogen) atoms. The number of hydrogen-bond donors (Lipinski definition) is 1. The van der Waals surface area contributed by atoms with E-state index in [1.807, 2.05) is 30.3 Å². The Morgan fingerprint density at radius 1 is 1.08 bits per heavy atom. The molecular weight excluding hydrogens is 320 g/mol. The number of ether oxygens (including phenoxy) is 1. The topological polar surface area (TPSA) is 81.4 Å². The van der Waals surface area contributed by atoms with Gasteiger partial charge in [-0.25, -0.2) is 4.79 Å². The third-order valence-corrected chi connectivity index (χ3v) is 3.55. The van der Waals surface area contributed by atoms with Crippen molar-refractivity contribution in [1.82, 2.24) is 5.16 Å². The van der Waals surface area contributed by atoms with E-state index < -0.39 is 5.97 Å². The lowest BCUT2D eigenvalue weighted by molar-refractivity contribution is -0.115. The number of amides is 1. The molecule has 0 fully saturated rings. The van der Waals surface area contributed by atoms with Crippen molar-refractivity contribution in [3.8, 4) is 11.3 Å². The third-order valence-electron chi connectivity index (χ3n) is 3.55. The van der Waals surface area contributed by atoms with E-state index >= 15 is 0 Å². The molecule has 0 spiro atoms. The van der Waals surface area contributed by atoms with Crippen LogP contribution in [0.2, 0.25) is 0 Å². The summed E-state index contributed by atoms with van der Waals surface area (Å²) in [6.45, 7) is 0. The normalized spacial score (nSPS) is 10.3. The van der Waals surface area contributed by atoms with Crippen LogP contribution in [0.1, 0.15) is 16.1 Å². The van der Waals surface area contributed by atoms with Crippen molar-refractivity contribution in [3.63, 3.8) is 0 Å². The van der Waals surface area contributed by atoms with E-state index in [1.54, 1.807) is 30.3 Å². The molecule has 3 rings (SSSR count). The van der Waals surface area contributed by atoms with Crippen LogP contribution in [-0.2, 0) is 16.0 Å². The molecule has 0 atom stereocenters. The molecule has 0 aliphatic rings. The van der Waals surface area contributed by atoms with E-state index in [0.29, 0.717) is 22.7 Å². The van der Waals surface area contributed by atoms with Gasteiger partial charge in [0.25, 0.3) is 0 Å². The van der Waals surface area contributed by atoms with Crippen LogP contribution in [-0.4, -0.2) is 24.1 Å². The van der Waals surface area contributed by atoms with E-state index in [-0.39, 0.29) is 12.3 Å². The number of nitrogens with zero attached hydrogens (tertiary/aromatic N) is 1. The summed E-state index contributed by atoms with van der Waals surface area (Å²) in [6, 6.07) is 17.8. The van der Waals surface area contributed by atoms with Gasteiger partial charge in [0.05, 0.1) is 24.8 Å². The van der Waals surface area contributed by atoms with Crippen molar-refractivity contribution in [3.05, 3.63) is 71.9 Å². The summed E-state index contributed by atoms with van der Waals surface area (Å²) in [5, 5.41) is 6.68. The zero-order valence-corrected chi connectivity index (χ0v) is 13.6. The summed E-state index contributed by atoms with van der Waals surface area (Å²) in [4.78, 5) is 23.5.